The Kier molecular flexibility index (Phi) is 1.93. The molecular weight excluding hydrogens is 138 g/mol. The molecule has 10 heavy (non-hydrogen) atoms. The van der Waals surface area contributed by atoms with Crippen LogP contribution in [-0.2, 0) is 0 Å². The molecule has 60 valence electrons. The second kappa shape index (κ2) is 2.44. The summed E-state index contributed by atoms with van der Waals surface area (Å²) in [5, 5.41) is 35.8. The molecule has 0 radical (unpaired) electrons. The summed E-state index contributed by atoms with van der Waals surface area (Å²) in [6.07, 6.45) is -1.16. The normalized spacial score (nSPS) is 35.7. The highest BCUT2D eigenvalue weighted by atomic mass is 16.6. The van der Waals surface area contributed by atoms with Gasteiger partial charge >= 0.3 is 0 Å². The van der Waals surface area contributed by atoms with Crippen molar-refractivity contribution in [1.82, 2.24) is 5.06 Å². The molecule has 1 rings (SSSR count). The smallest absolute Gasteiger partial charge is 0.197 e. The standard InChI is InChI=1S/C5H11NO4/c7-4(8)5(9)2-1-3-6(5)10/h4,7-10H,1-3H2. The third-order valence-corrected chi connectivity index (χ3v) is 1.78. The van der Waals surface area contributed by atoms with E-state index in [0.29, 0.717) is 11.5 Å². The van der Waals surface area contributed by atoms with Crippen LogP contribution in [0.15, 0.2) is 0 Å². The van der Waals surface area contributed by atoms with E-state index in [1.165, 1.54) is 0 Å². The van der Waals surface area contributed by atoms with Crippen molar-refractivity contribution in [3.8, 4) is 0 Å². The van der Waals surface area contributed by atoms with Crippen LogP contribution in [0.3, 0.4) is 0 Å². The first-order valence-electron chi connectivity index (χ1n) is 3.12. The van der Waals surface area contributed by atoms with E-state index in [9.17, 15) is 5.11 Å². The minimum Gasteiger partial charge on any atom is -0.369 e. The van der Waals surface area contributed by atoms with Crippen LogP contribution in [0.1, 0.15) is 12.8 Å². The van der Waals surface area contributed by atoms with Crippen molar-refractivity contribution in [2.24, 2.45) is 0 Å². The number of nitrogens with zero attached hydrogens (tertiary/aromatic N) is 1. The highest BCUT2D eigenvalue weighted by molar-refractivity contribution is 4.82. The Morgan fingerprint density at radius 3 is 2.20 bits per heavy atom. The summed E-state index contributed by atoms with van der Waals surface area (Å²) in [5.74, 6) is 0. The van der Waals surface area contributed by atoms with Gasteiger partial charge < -0.3 is 20.5 Å². The van der Waals surface area contributed by atoms with Crippen molar-refractivity contribution in [1.29, 1.82) is 0 Å². The largest absolute Gasteiger partial charge is 0.369 e. The molecule has 0 aliphatic carbocycles. The van der Waals surface area contributed by atoms with Gasteiger partial charge in [-0.2, -0.15) is 5.06 Å². The van der Waals surface area contributed by atoms with Gasteiger partial charge in [0.05, 0.1) is 0 Å². The van der Waals surface area contributed by atoms with E-state index in [-0.39, 0.29) is 13.0 Å². The lowest BCUT2D eigenvalue weighted by Gasteiger charge is -2.29. The van der Waals surface area contributed by atoms with E-state index in [0.717, 1.165) is 0 Å². The van der Waals surface area contributed by atoms with Crippen LogP contribution in [0.2, 0.25) is 0 Å². The monoisotopic (exact) mass is 149 g/mol. The first-order valence-corrected chi connectivity index (χ1v) is 3.12. The van der Waals surface area contributed by atoms with Crippen molar-refractivity contribution in [3.05, 3.63) is 0 Å². The number of hydrogen-bond acceptors (Lipinski definition) is 5. The molecule has 1 atom stereocenters. The second-order valence-electron chi connectivity index (χ2n) is 2.48. The maximum Gasteiger partial charge on any atom is 0.197 e. The summed E-state index contributed by atoms with van der Waals surface area (Å²) < 4.78 is 0. The highest BCUT2D eigenvalue weighted by Crippen LogP contribution is 2.26. The van der Waals surface area contributed by atoms with Crippen molar-refractivity contribution in [2.75, 3.05) is 6.54 Å². The van der Waals surface area contributed by atoms with Gasteiger partial charge in [0.15, 0.2) is 12.0 Å². The fraction of sp³-hybridized carbons (Fsp3) is 1.00. The molecule has 0 aromatic rings. The molecule has 1 fully saturated rings. The number of aliphatic hydroxyl groups is 3. The number of hydroxylamine groups is 2. The topological polar surface area (TPSA) is 84.2 Å². The van der Waals surface area contributed by atoms with E-state index in [1.807, 2.05) is 0 Å². The molecule has 0 bridgehead atoms. The average Bonchev–Trinajstić information content (AvgIpc) is 2.15. The quantitative estimate of drug-likeness (QED) is 0.340. The van der Waals surface area contributed by atoms with Gasteiger partial charge in [-0.05, 0) is 12.8 Å². The molecular formula is C5H11NO4. The summed E-state index contributed by atoms with van der Waals surface area (Å²) in [7, 11) is 0. The van der Waals surface area contributed by atoms with E-state index in [2.05, 4.69) is 0 Å². The maximum absolute atomic E-state index is 9.21. The van der Waals surface area contributed by atoms with E-state index >= 15 is 0 Å². The van der Waals surface area contributed by atoms with Gasteiger partial charge in [0, 0.05) is 6.54 Å². The minimum atomic E-state index is -1.90. The highest BCUT2D eigenvalue weighted by Gasteiger charge is 2.44. The fourth-order valence-corrected chi connectivity index (χ4v) is 1.07. The molecule has 0 amide bonds. The Hall–Kier alpha value is -0.200. The SMILES string of the molecule is OC(O)C1(O)CCCN1O. The average molecular weight is 149 g/mol. The molecule has 0 spiro atoms. The van der Waals surface area contributed by atoms with Gasteiger partial charge in [-0.15, -0.1) is 0 Å². The Balaban J connectivity index is 2.66. The molecule has 5 heteroatoms. The molecule has 1 heterocycles. The van der Waals surface area contributed by atoms with Crippen LogP contribution >= 0.6 is 0 Å². The van der Waals surface area contributed by atoms with Gasteiger partial charge in [-0.25, -0.2) is 0 Å². The van der Waals surface area contributed by atoms with Crippen molar-refractivity contribution >= 4 is 0 Å². The molecule has 1 saturated heterocycles. The van der Waals surface area contributed by atoms with E-state index in [4.69, 9.17) is 15.4 Å². The lowest BCUT2D eigenvalue weighted by molar-refractivity contribution is -0.317. The van der Waals surface area contributed by atoms with Gasteiger partial charge in [-0.1, -0.05) is 0 Å². The zero-order valence-corrected chi connectivity index (χ0v) is 5.43. The fourth-order valence-electron chi connectivity index (χ4n) is 1.07. The zero-order chi connectivity index (χ0) is 7.78. The van der Waals surface area contributed by atoms with Crippen LogP contribution < -0.4 is 0 Å². The molecule has 1 aliphatic rings. The Labute approximate surface area is 58.1 Å². The second-order valence-corrected chi connectivity index (χ2v) is 2.48. The van der Waals surface area contributed by atoms with Crippen LogP contribution in [0, 0.1) is 0 Å². The summed E-state index contributed by atoms with van der Waals surface area (Å²) >= 11 is 0. The molecule has 0 aromatic carbocycles. The zero-order valence-electron chi connectivity index (χ0n) is 5.43. The van der Waals surface area contributed by atoms with Crippen molar-refractivity contribution in [2.45, 2.75) is 24.9 Å². The molecule has 4 N–H and O–H groups in total. The first-order chi connectivity index (χ1) is 4.57. The number of rotatable bonds is 1. The molecule has 1 unspecified atom stereocenters. The molecule has 5 nitrogen and oxygen atoms in total. The van der Waals surface area contributed by atoms with Gasteiger partial charge in [-0.3, -0.25) is 0 Å². The van der Waals surface area contributed by atoms with E-state index in [1.54, 1.807) is 0 Å². The van der Waals surface area contributed by atoms with Crippen LogP contribution in [0.4, 0.5) is 0 Å². The predicted octanol–water partition coefficient (Wildman–Crippen LogP) is -1.53. The van der Waals surface area contributed by atoms with Crippen LogP contribution in [0.25, 0.3) is 0 Å². The first kappa shape index (κ1) is 7.90. The van der Waals surface area contributed by atoms with Crippen molar-refractivity contribution < 1.29 is 20.5 Å². The summed E-state index contributed by atoms with van der Waals surface area (Å²) in [6.45, 7) is 0.272. The molecule has 1 aliphatic heterocycles. The van der Waals surface area contributed by atoms with Crippen LogP contribution in [0.5, 0.6) is 0 Å². The summed E-state index contributed by atoms with van der Waals surface area (Å²) in [5.41, 5.74) is -1.85. The van der Waals surface area contributed by atoms with E-state index < -0.39 is 12.0 Å². The molecule has 0 aromatic heterocycles. The van der Waals surface area contributed by atoms with Gasteiger partial charge in [0.2, 0.25) is 0 Å². The summed E-state index contributed by atoms with van der Waals surface area (Å²) in [6, 6.07) is 0. The third kappa shape index (κ3) is 1.02. The number of hydrogen-bond donors (Lipinski definition) is 4. The van der Waals surface area contributed by atoms with Gasteiger partial charge in [0.25, 0.3) is 0 Å². The summed E-state index contributed by atoms with van der Waals surface area (Å²) in [4.78, 5) is 0. The predicted molar refractivity (Wildman–Crippen MR) is 30.9 cm³/mol. The van der Waals surface area contributed by atoms with Crippen LogP contribution in [-0.4, -0.2) is 44.1 Å². The Morgan fingerprint density at radius 2 is 2.00 bits per heavy atom. The number of aliphatic hydroxyl groups excluding tert-OH is 1. The molecule has 0 saturated carbocycles. The van der Waals surface area contributed by atoms with Gasteiger partial charge in [0.1, 0.15) is 0 Å². The third-order valence-electron chi connectivity index (χ3n) is 1.78. The van der Waals surface area contributed by atoms with Crippen molar-refractivity contribution in [3.63, 3.8) is 0 Å². The Morgan fingerprint density at radius 1 is 1.40 bits per heavy atom. The maximum atomic E-state index is 9.21. The Bertz CT molecular complexity index is 129. The minimum absolute atomic E-state index is 0.182. The lowest BCUT2D eigenvalue weighted by Crippen LogP contribution is -2.51. The lowest BCUT2D eigenvalue weighted by atomic mass is 10.1.